The number of ether oxygens (including phenoxy) is 1. The highest BCUT2D eigenvalue weighted by molar-refractivity contribution is 6.02. The van der Waals surface area contributed by atoms with Gasteiger partial charge in [0.1, 0.15) is 5.75 Å². The van der Waals surface area contributed by atoms with Crippen LogP contribution in [-0.4, -0.2) is 12.0 Å². The highest BCUT2D eigenvalue weighted by atomic mass is 19.4. The van der Waals surface area contributed by atoms with E-state index in [1.807, 2.05) is 0 Å². The predicted molar refractivity (Wildman–Crippen MR) is 80.8 cm³/mol. The summed E-state index contributed by atoms with van der Waals surface area (Å²) in [6, 6.07) is 7.47. The standard InChI is InChI=1S/C16H13F3N2O3/c1-9-3-2-4-12(13(9)21-15(20)23)14(22)24-11-7-5-10(6-8-11)16(17,18)19/h2-8H,1H3,(H3,20,21,23). The Labute approximate surface area is 135 Å². The quantitative estimate of drug-likeness (QED) is 0.661. The van der Waals surface area contributed by atoms with E-state index < -0.39 is 23.7 Å². The second-order valence-corrected chi connectivity index (χ2v) is 4.90. The van der Waals surface area contributed by atoms with Crippen molar-refractivity contribution in [2.75, 3.05) is 5.32 Å². The molecular formula is C16H13F3N2O3. The topological polar surface area (TPSA) is 81.4 Å². The third-order valence-electron chi connectivity index (χ3n) is 3.13. The maximum atomic E-state index is 12.5. The van der Waals surface area contributed by atoms with Crippen LogP contribution >= 0.6 is 0 Å². The molecule has 0 aliphatic rings. The maximum Gasteiger partial charge on any atom is 0.416 e. The molecular weight excluding hydrogens is 325 g/mol. The number of nitrogens with one attached hydrogen (secondary N) is 1. The van der Waals surface area contributed by atoms with Gasteiger partial charge < -0.3 is 15.8 Å². The number of urea groups is 1. The van der Waals surface area contributed by atoms with Gasteiger partial charge in [0, 0.05) is 0 Å². The molecule has 5 nitrogen and oxygen atoms in total. The molecule has 126 valence electrons. The third-order valence-corrected chi connectivity index (χ3v) is 3.13. The number of halogens is 3. The smallest absolute Gasteiger partial charge is 0.416 e. The molecule has 0 aromatic heterocycles. The first-order valence-corrected chi connectivity index (χ1v) is 6.74. The summed E-state index contributed by atoms with van der Waals surface area (Å²) in [5, 5.41) is 2.33. The Hall–Kier alpha value is -3.03. The lowest BCUT2D eigenvalue weighted by atomic mass is 10.1. The fraction of sp³-hybridized carbons (Fsp3) is 0.125. The number of benzene rings is 2. The SMILES string of the molecule is Cc1cccc(C(=O)Oc2ccc(C(F)(F)F)cc2)c1NC(N)=O. The van der Waals surface area contributed by atoms with Crippen LogP contribution in [0.5, 0.6) is 5.75 Å². The van der Waals surface area contributed by atoms with Gasteiger partial charge in [0.15, 0.2) is 0 Å². The molecule has 2 amide bonds. The van der Waals surface area contributed by atoms with Gasteiger partial charge in [-0.15, -0.1) is 0 Å². The number of amides is 2. The van der Waals surface area contributed by atoms with Gasteiger partial charge in [0.25, 0.3) is 0 Å². The molecule has 3 N–H and O–H groups in total. The van der Waals surface area contributed by atoms with Crippen LogP contribution in [0.1, 0.15) is 21.5 Å². The molecule has 0 saturated heterocycles. The van der Waals surface area contributed by atoms with Gasteiger partial charge in [-0.05, 0) is 42.8 Å². The van der Waals surface area contributed by atoms with Crippen LogP contribution in [0.3, 0.4) is 0 Å². The van der Waals surface area contributed by atoms with Crippen molar-refractivity contribution in [2.45, 2.75) is 13.1 Å². The summed E-state index contributed by atoms with van der Waals surface area (Å²) in [5.74, 6) is -0.887. The number of hydrogen-bond acceptors (Lipinski definition) is 3. The number of carbonyl (C=O) groups is 2. The summed E-state index contributed by atoms with van der Waals surface area (Å²) < 4.78 is 42.6. The van der Waals surface area contributed by atoms with Gasteiger partial charge >= 0.3 is 18.2 Å². The number of nitrogens with two attached hydrogens (primary N) is 1. The van der Waals surface area contributed by atoms with E-state index in [9.17, 15) is 22.8 Å². The van der Waals surface area contributed by atoms with Crippen molar-refractivity contribution in [2.24, 2.45) is 5.73 Å². The van der Waals surface area contributed by atoms with Crippen molar-refractivity contribution < 1.29 is 27.5 Å². The van der Waals surface area contributed by atoms with Crippen LogP contribution in [-0.2, 0) is 6.18 Å². The number of aryl methyl sites for hydroxylation is 1. The van der Waals surface area contributed by atoms with Crippen molar-refractivity contribution in [3.05, 3.63) is 59.2 Å². The summed E-state index contributed by atoms with van der Waals surface area (Å²) >= 11 is 0. The Balaban J connectivity index is 2.24. The first-order chi connectivity index (χ1) is 11.2. The van der Waals surface area contributed by atoms with Crippen LogP contribution in [0, 0.1) is 6.92 Å². The third kappa shape index (κ3) is 4.03. The molecule has 0 heterocycles. The van der Waals surface area contributed by atoms with Gasteiger partial charge in [-0.25, -0.2) is 9.59 Å². The minimum absolute atomic E-state index is 0.0358. The molecule has 2 aromatic carbocycles. The first-order valence-electron chi connectivity index (χ1n) is 6.74. The number of carbonyl (C=O) groups excluding carboxylic acids is 2. The zero-order chi connectivity index (χ0) is 17.9. The van der Waals surface area contributed by atoms with E-state index in [4.69, 9.17) is 10.5 Å². The molecule has 0 aliphatic heterocycles. The van der Waals surface area contributed by atoms with Gasteiger partial charge in [0.05, 0.1) is 16.8 Å². The molecule has 24 heavy (non-hydrogen) atoms. The van der Waals surface area contributed by atoms with E-state index in [0.717, 1.165) is 24.3 Å². The average molecular weight is 338 g/mol. The Morgan fingerprint density at radius 1 is 1.08 bits per heavy atom. The van der Waals surface area contributed by atoms with Crippen LogP contribution in [0.25, 0.3) is 0 Å². The molecule has 0 saturated carbocycles. The van der Waals surface area contributed by atoms with Gasteiger partial charge in [0.2, 0.25) is 0 Å². The minimum atomic E-state index is -4.47. The monoisotopic (exact) mass is 338 g/mol. The van der Waals surface area contributed by atoms with E-state index in [0.29, 0.717) is 5.56 Å². The lowest BCUT2D eigenvalue weighted by Crippen LogP contribution is -2.22. The predicted octanol–water partition coefficient (Wildman–Crippen LogP) is 3.72. The number of rotatable bonds is 3. The zero-order valence-electron chi connectivity index (χ0n) is 12.5. The van der Waals surface area contributed by atoms with E-state index in [1.54, 1.807) is 19.1 Å². The molecule has 8 heteroatoms. The minimum Gasteiger partial charge on any atom is -0.423 e. The fourth-order valence-electron chi connectivity index (χ4n) is 2.00. The Kier molecular flexibility index (Phi) is 4.77. The number of anilines is 1. The van der Waals surface area contributed by atoms with Gasteiger partial charge in [-0.1, -0.05) is 12.1 Å². The van der Waals surface area contributed by atoms with Crippen LogP contribution in [0.15, 0.2) is 42.5 Å². The molecule has 0 unspecified atom stereocenters. The van der Waals surface area contributed by atoms with Crippen LogP contribution < -0.4 is 15.8 Å². The Morgan fingerprint density at radius 3 is 2.25 bits per heavy atom. The molecule has 0 atom stereocenters. The molecule has 0 fully saturated rings. The number of alkyl halides is 3. The molecule has 2 aromatic rings. The van der Waals surface area contributed by atoms with Crippen LogP contribution in [0.4, 0.5) is 23.7 Å². The van der Waals surface area contributed by atoms with Crippen molar-refractivity contribution in [3.8, 4) is 5.75 Å². The molecule has 0 aliphatic carbocycles. The van der Waals surface area contributed by atoms with E-state index >= 15 is 0 Å². The van der Waals surface area contributed by atoms with E-state index in [-0.39, 0.29) is 17.0 Å². The zero-order valence-corrected chi connectivity index (χ0v) is 12.5. The van der Waals surface area contributed by atoms with Crippen molar-refractivity contribution in [1.82, 2.24) is 0 Å². The molecule has 0 bridgehead atoms. The largest absolute Gasteiger partial charge is 0.423 e. The highest BCUT2D eigenvalue weighted by Crippen LogP contribution is 2.30. The summed E-state index contributed by atoms with van der Waals surface area (Å²) in [6.45, 7) is 1.65. The highest BCUT2D eigenvalue weighted by Gasteiger charge is 2.30. The number of primary amides is 1. The van der Waals surface area contributed by atoms with E-state index in [1.165, 1.54) is 6.07 Å². The number of esters is 1. The van der Waals surface area contributed by atoms with Crippen molar-refractivity contribution in [3.63, 3.8) is 0 Å². The van der Waals surface area contributed by atoms with Crippen molar-refractivity contribution in [1.29, 1.82) is 0 Å². The summed E-state index contributed by atoms with van der Waals surface area (Å²) in [6.07, 6.45) is -4.47. The Bertz CT molecular complexity index is 771. The maximum absolute atomic E-state index is 12.5. The lowest BCUT2D eigenvalue weighted by molar-refractivity contribution is -0.137. The molecule has 0 radical (unpaired) electrons. The summed E-state index contributed by atoms with van der Waals surface area (Å²) in [7, 11) is 0. The van der Waals surface area contributed by atoms with E-state index in [2.05, 4.69) is 5.32 Å². The first kappa shape index (κ1) is 17.3. The summed E-state index contributed by atoms with van der Waals surface area (Å²) in [5.41, 5.74) is 5.01. The lowest BCUT2D eigenvalue weighted by Gasteiger charge is -2.12. The molecule has 2 rings (SSSR count). The number of para-hydroxylation sites is 1. The van der Waals surface area contributed by atoms with Gasteiger partial charge in [-0.2, -0.15) is 13.2 Å². The van der Waals surface area contributed by atoms with Crippen LogP contribution in [0.2, 0.25) is 0 Å². The fourth-order valence-corrected chi connectivity index (χ4v) is 2.00. The Morgan fingerprint density at radius 2 is 1.71 bits per heavy atom. The molecule has 0 spiro atoms. The summed E-state index contributed by atoms with van der Waals surface area (Å²) in [4.78, 5) is 23.3. The van der Waals surface area contributed by atoms with Crippen molar-refractivity contribution >= 4 is 17.7 Å². The average Bonchev–Trinajstić information content (AvgIpc) is 2.48. The normalized spacial score (nSPS) is 11.0. The second kappa shape index (κ2) is 6.61. The van der Waals surface area contributed by atoms with Gasteiger partial charge in [-0.3, -0.25) is 0 Å². The second-order valence-electron chi connectivity index (χ2n) is 4.90. The number of hydrogen-bond donors (Lipinski definition) is 2.